The van der Waals surface area contributed by atoms with E-state index < -0.39 is 24.2 Å². The molecule has 1 fully saturated rings. The third kappa shape index (κ3) is 2.09. The number of hydrogen-bond donors (Lipinski definition) is 3. The first-order valence-electron chi connectivity index (χ1n) is 3.52. The van der Waals surface area contributed by atoms with E-state index in [9.17, 15) is 9.59 Å². The smallest absolute Gasteiger partial charge is 0.404 e. The first kappa shape index (κ1) is 8.79. The van der Waals surface area contributed by atoms with Gasteiger partial charge in [0.15, 0.2) is 0 Å². The van der Waals surface area contributed by atoms with Gasteiger partial charge in [-0.25, -0.2) is 4.79 Å². The lowest BCUT2D eigenvalue weighted by molar-refractivity contribution is -0.139. The van der Waals surface area contributed by atoms with Crippen LogP contribution in [0.1, 0.15) is 6.42 Å². The maximum atomic E-state index is 10.4. The molecule has 1 amide bonds. The zero-order chi connectivity index (χ0) is 9.14. The van der Waals surface area contributed by atoms with Crippen LogP contribution in [0.25, 0.3) is 0 Å². The zero-order valence-corrected chi connectivity index (χ0v) is 6.32. The molecule has 1 rings (SSSR count). The Bertz CT molecular complexity index is 206. The SMILES string of the molecule is NC(=O)OC1CN[C@H](C(=O)O)C1. The van der Waals surface area contributed by atoms with Crippen LogP contribution in [0.2, 0.25) is 0 Å². The second-order valence-corrected chi connectivity index (χ2v) is 2.59. The predicted octanol–water partition coefficient (Wildman–Crippen LogP) is -1.10. The van der Waals surface area contributed by atoms with Crippen LogP contribution in [0.15, 0.2) is 0 Å². The first-order valence-corrected chi connectivity index (χ1v) is 3.52. The lowest BCUT2D eigenvalue weighted by Gasteiger charge is -2.06. The minimum absolute atomic E-state index is 0.276. The lowest BCUT2D eigenvalue weighted by Crippen LogP contribution is -2.30. The molecule has 4 N–H and O–H groups in total. The van der Waals surface area contributed by atoms with Crippen molar-refractivity contribution in [2.75, 3.05) is 6.54 Å². The number of nitrogens with one attached hydrogen (secondary N) is 1. The van der Waals surface area contributed by atoms with Crippen LogP contribution in [-0.4, -0.2) is 35.9 Å². The summed E-state index contributed by atoms with van der Waals surface area (Å²) >= 11 is 0. The number of ether oxygens (including phenoxy) is 1. The number of primary amides is 1. The Kier molecular flexibility index (Phi) is 2.49. The number of hydrogen-bond acceptors (Lipinski definition) is 4. The molecule has 1 unspecified atom stereocenters. The quantitative estimate of drug-likeness (QED) is 0.493. The Labute approximate surface area is 68.7 Å². The normalized spacial score (nSPS) is 28.3. The Morgan fingerprint density at radius 2 is 2.25 bits per heavy atom. The average molecular weight is 174 g/mol. The average Bonchev–Trinajstić information content (AvgIpc) is 2.34. The zero-order valence-electron chi connectivity index (χ0n) is 6.32. The number of nitrogens with two attached hydrogens (primary N) is 1. The van der Waals surface area contributed by atoms with E-state index in [1.54, 1.807) is 0 Å². The first-order chi connectivity index (χ1) is 5.59. The molecule has 0 radical (unpaired) electrons. The van der Waals surface area contributed by atoms with Crippen molar-refractivity contribution in [1.82, 2.24) is 5.32 Å². The maximum Gasteiger partial charge on any atom is 0.404 e. The van der Waals surface area contributed by atoms with Crippen molar-refractivity contribution >= 4 is 12.1 Å². The summed E-state index contributed by atoms with van der Waals surface area (Å²) in [6, 6.07) is -0.630. The molecule has 0 aromatic rings. The number of carboxylic acid groups (broad SMARTS) is 1. The Morgan fingerprint density at radius 3 is 2.67 bits per heavy atom. The molecule has 0 bridgehead atoms. The van der Waals surface area contributed by atoms with Gasteiger partial charge in [0.1, 0.15) is 12.1 Å². The molecular weight excluding hydrogens is 164 g/mol. The number of aliphatic carboxylic acids is 1. The summed E-state index contributed by atoms with van der Waals surface area (Å²) in [7, 11) is 0. The molecule has 1 aliphatic heterocycles. The number of rotatable bonds is 2. The van der Waals surface area contributed by atoms with E-state index in [-0.39, 0.29) is 6.42 Å². The highest BCUT2D eigenvalue weighted by Gasteiger charge is 2.30. The van der Waals surface area contributed by atoms with Crippen molar-refractivity contribution in [3.63, 3.8) is 0 Å². The molecule has 6 heteroatoms. The number of amides is 1. The minimum atomic E-state index is -0.939. The maximum absolute atomic E-state index is 10.4. The van der Waals surface area contributed by atoms with Crippen molar-refractivity contribution in [2.45, 2.75) is 18.6 Å². The van der Waals surface area contributed by atoms with E-state index in [1.807, 2.05) is 0 Å². The molecule has 12 heavy (non-hydrogen) atoms. The van der Waals surface area contributed by atoms with Crippen molar-refractivity contribution in [3.8, 4) is 0 Å². The Balaban J connectivity index is 2.35. The molecule has 1 aliphatic rings. The van der Waals surface area contributed by atoms with Crippen LogP contribution in [0.3, 0.4) is 0 Å². The van der Waals surface area contributed by atoms with Gasteiger partial charge in [-0.15, -0.1) is 0 Å². The van der Waals surface area contributed by atoms with Crippen molar-refractivity contribution < 1.29 is 19.4 Å². The van der Waals surface area contributed by atoms with Crippen molar-refractivity contribution in [3.05, 3.63) is 0 Å². The van der Waals surface area contributed by atoms with Gasteiger partial charge >= 0.3 is 12.1 Å². The molecule has 0 spiro atoms. The van der Waals surface area contributed by atoms with Crippen molar-refractivity contribution in [2.24, 2.45) is 5.73 Å². The van der Waals surface area contributed by atoms with Gasteiger partial charge < -0.3 is 20.9 Å². The summed E-state index contributed by atoms with van der Waals surface area (Å²) < 4.78 is 4.60. The summed E-state index contributed by atoms with van der Waals surface area (Å²) in [5, 5.41) is 11.2. The number of carbonyl (C=O) groups is 2. The lowest BCUT2D eigenvalue weighted by atomic mass is 10.2. The van der Waals surface area contributed by atoms with Gasteiger partial charge in [-0.3, -0.25) is 4.79 Å². The second-order valence-electron chi connectivity index (χ2n) is 2.59. The van der Waals surface area contributed by atoms with Gasteiger partial charge in [0.05, 0.1) is 0 Å². The minimum Gasteiger partial charge on any atom is -0.480 e. The van der Waals surface area contributed by atoms with Crippen LogP contribution < -0.4 is 11.1 Å². The van der Waals surface area contributed by atoms with Crippen molar-refractivity contribution in [1.29, 1.82) is 0 Å². The third-order valence-electron chi connectivity index (χ3n) is 1.67. The molecule has 2 atom stereocenters. The molecule has 1 saturated heterocycles. The molecule has 6 nitrogen and oxygen atoms in total. The standard InChI is InChI=1S/C6H10N2O4/c7-6(11)12-3-1-4(5(9)10)8-2-3/h3-4,8H,1-2H2,(H2,7,11)(H,9,10)/t3?,4-/m0/s1. The number of carboxylic acids is 1. The summed E-state index contributed by atoms with van der Waals surface area (Å²) in [5.41, 5.74) is 4.76. The molecular formula is C6H10N2O4. The summed E-state index contributed by atoms with van der Waals surface area (Å²) in [4.78, 5) is 20.7. The third-order valence-corrected chi connectivity index (χ3v) is 1.67. The van der Waals surface area contributed by atoms with E-state index in [0.717, 1.165) is 0 Å². The van der Waals surface area contributed by atoms with E-state index in [4.69, 9.17) is 10.8 Å². The Morgan fingerprint density at radius 1 is 1.58 bits per heavy atom. The largest absolute Gasteiger partial charge is 0.480 e. The monoisotopic (exact) mass is 174 g/mol. The number of carbonyl (C=O) groups excluding carboxylic acids is 1. The fraction of sp³-hybridized carbons (Fsp3) is 0.667. The van der Waals surface area contributed by atoms with Gasteiger partial charge in [0, 0.05) is 13.0 Å². The Hall–Kier alpha value is -1.30. The fourth-order valence-electron chi connectivity index (χ4n) is 1.15. The summed E-state index contributed by atoms with van der Waals surface area (Å²) in [6.45, 7) is 0.347. The summed E-state index contributed by atoms with van der Waals surface area (Å²) in [5.74, 6) is -0.939. The highest BCUT2D eigenvalue weighted by atomic mass is 16.6. The van der Waals surface area contributed by atoms with E-state index in [1.165, 1.54) is 0 Å². The van der Waals surface area contributed by atoms with Gasteiger partial charge in [0.2, 0.25) is 0 Å². The molecule has 0 saturated carbocycles. The van der Waals surface area contributed by atoms with E-state index in [0.29, 0.717) is 6.54 Å². The highest BCUT2D eigenvalue weighted by Crippen LogP contribution is 2.09. The van der Waals surface area contributed by atoms with Gasteiger partial charge in [-0.1, -0.05) is 0 Å². The second kappa shape index (κ2) is 3.40. The van der Waals surface area contributed by atoms with Crippen LogP contribution >= 0.6 is 0 Å². The van der Waals surface area contributed by atoms with E-state index >= 15 is 0 Å². The fourth-order valence-corrected chi connectivity index (χ4v) is 1.15. The summed E-state index contributed by atoms with van der Waals surface area (Å²) in [6.07, 6.45) is -1.01. The van der Waals surface area contributed by atoms with Crippen LogP contribution in [0.5, 0.6) is 0 Å². The molecule has 1 heterocycles. The van der Waals surface area contributed by atoms with Crippen LogP contribution in [0, 0.1) is 0 Å². The highest BCUT2D eigenvalue weighted by molar-refractivity contribution is 5.74. The molecule has 0 aromatic heterocycles. The molecule has 68 valence electrons. The molecule has 0 aromatic carbocycles. The van der Waals surface area contributed by atoms with Gasteiger partial charge in [-0.05, 0) is 0 Å². The van der Waals surface area contributed by atoms with Gasteiger partial charge in [-0.2, -0.15) is 0 Å². The van der Waals surface area contributed by atoms with Crippen LogP contribution in [0.4, 0.5) is 4.79 Å². The van der Waals surface area contributed by atoms with Gasteiger partial charge in [0.25, 0.3) is 0 Å². The van der Waals surface area contributed by atoms with Crippen LogP contribution in [-0.2, 0) is 9.53 Å². The topological polar surface area (TPSA) is 102 Å². The molecule has 0 aliphatic carbocycles. The van der Waals surface area contributed by atoms with E-state index in [2.05, 4.69) is 10.1 Å². The predicted molar refractivity (Wildman–Crippen MR) is 38.5 cm³/mol.